The molecule has 0 aliphatic rings. The molecule has 0 aliphatic heterocycles. The van der Waals surface area contributed by atoms with Crippen LogP contribution in [-0.2, 0) is 9.84 Å². The fourth-order valence-corrected chi connectivity index (χ4v) is 3.37. The fraction of sp³-hybridized carbons (Fsp3) is 0.353. The van der Waals surface area contributed by atoms with Gasteiger partial charge in [-0.25, -0.2) is 18.4 Å². The van der Waals surface area contributed by atoms with Gasteiger partial charge in [0.2, 0.25) is 0 Å². The molecule has 0 radical (unpaired) electrons. The van der Waals surface area contributed by atoms with Crippen LogP contribution in [-0.4, -0.2) is 30.5 Å². The van der Waals surface area contributed by atoms with Crippen molar-refractivity contribution in [2.75, 3.05) is 11.6 Å². The summed E-state index contributed by atoms with van der Waals surface area (Å²) >= 11 is 0. The van der Waals surface area contributed by atoms with Crippen molar-refractivity contribution in [2.45, 2.75) is 38.5 Å². The van der Waals surface area contributed by atoms with E-state index in [4.69, 9.17) is 0 Å². The van der Waals surface area contributed by atoms with Crippen LogP contribution in [0.15, 0.2) is 29.3 Å². The summed E-state index contributed by atoms with van der Waals surface area (Å²) < 4.78 is 23.6. The van der Waals surface area contributed by atoms with E-state index in [0.717, 1.165) is 6.26 Å². The van der Waals surface area contributed by atoms with Crippen molar-refractivity contribution >= 4 is 21.4 Å². The van der Waals surface area contributed by atoms with Crippen molar-refractivity contribution in [3.8, 4) is 0 Å². The Labute approximate surface area is 142 Å². The average Bonchev–Trinajstić information content (AvgIpc) is 2.47. The molecule has 1 aromatic carbocycles. The van der Waals surface area contributed by atoms with Crippen molar-refractivity contribution in [3.05, 3.63) is 47.0 Å². The van der Waals surface area contributed by atoms with E-state index in [1.54, 1.807) is 26.0 Å². The van der Waals surface area contributed by atoms with Gasteiger partial charge in [-0.3, -0.25) is 4.79 Å². The highest BCUT2D eigenvalue weighted by molar-refractivity contribution is 7.90. The number of benzene rings is 1. The predicted octanol–water partition coefficient (Wildman–Crippen LogP) is 2.87. The van der Waals surface area contributed by atoms with E-state index in [-0.39, 0.29) is 16.7 Å². The minimum Gasteiger partial charge on any atom is -0.322 e. The highest BCUT2D eigenvalue weighted by atomic mass is 32.2. The van der Waals surface area contributed by atoms with Crippen molar-refractivity contribution in [2.24, 2.45) is 0 Å². The largest absolute Gasteiger partial charge is 0.322 e. The summed E-state index contributed by atoms with van der Waals surface area (Å²) in [6.45, 7) is 7.39. The lowest BCUT2D eigenvalue weighted by molar-refractivity contribution is 0.102. The molecule has 7 heteroatoms. The molecule has 1 amide bonds. The van der Waals surface area contributed by atoms with Gasteiger partial charge in [0.25, 0.3) is 5.91 Å². The number of nitrogens with zero attached hydrogens (tertiary/aromatic N) is 2. The third-order valence-electron chi connectivity index (χ3n) is 3.58. The topological polar surface area (TPSA) is 89.0 Å². The molecule has 1 N–H and O–H groups in total. The van der Waals surface area contributed by atoms with Gasteiger partial charge in [0, 0.05) is 18.1 Å². The Morgan fingerprint density at radius 1 is 1.21 bits per heavy atom. The van der Waals surface area contributed by atoms with Gasteiger partial charge in [0.05, 0.1) is 16.2 Å². The average molecular weight is 347 g/mol. The second-order valence-corrected chi connectivity index (χ2v) is 8.06. The number of carbonyl (C=O) groups excluding carboxylic acids is 1. The van der Waals surface area contributed by atoms with E-state index in [9.17, 15) is 13.2 Å². The molecule has 1 heterocycles. The molecule has 2 aromatic rings. The first-order chi connectivity index (χ1) is 11.1. The summed E-state index contributed by atoms with van der Waals surface area (Å²) in [5.74, 6) is 0.309. The SMILES string of the molecule is Cc1ncc(C(=O)Nc2ccc(C)c(S(C)(=O)=O)c2)c(C(C)C)n1. The maximum Gasteiger partial charge on any atom is 0.259 e. The molecule has 0 unspecified atom stereocenters. The molecule has 1 aromatic heterocycles. The number of sulfone groups is 1. The van der Waals surface area contributed by atoms with E-state index in [2.05, 4.69) is 15.3 Å². The van der Waals surface area contributed by atoms with Crippen molar-refractivity contribution in [1.29, 1.82) is 0 Å². The molecule has 24 heavy (non-hydrogen) atoms. The van der Waals surface area contributed by atoms with Gasteiger partial charge in [-0.05, 0) is 37.5 Å². The van der Waals surface area contributed by atoms with Crippen LogP contribution in [0.2, 0.25) is 0 Å². The normalized spacial score (nSPS) is 11.6. The molecular formula is C17H21N3O3S. The van der Waals surface area contributed by atoms with Crippen LogP contribution in [0.25, 0.3) is 0 Å². The maximum atomic E-state index is 12.6. The predicted molar refractivity (Wildman–Crippen MR) is 93.1 cm³/mol. The van der Waals surface area contributed by atoms with E-state index < -0.39 is 9.84 Å². The Morgan fingerprint density at radius 3 is 2.46 bits per heavy atom. The zero-order valence-corrected chi connectivity index (χ0v) is 15.2. The molecule has 2 rings (SSSR count). The molecule has 0 spiro atoms. The Hall–Kier alpha value is -2.28. The van der Waals surface area contributed by atoms with Gasteiger partial charge >= 0.3 is 0 Å². The second-order valence-electron chi connectivity index (χ2n) is 6.08. The van der Waals surface area contributed by atoms with Crippen molar-refractivity contribution in [1.82, 2.24) is 9.97 Å². The summed E-state index contributed by atoms with van der Waals surface area (Å²) in [7, 11) is -3.36. The molecule has 0 bridgehead atoms. The van der Waals surface area contributed by atoms with Crippen LogP contribution in [0.4, 0.5) is 5.69 Å². The summed E-state index contributed by atoms with van der Waals surface area (Å²) in [5, 5.41) is 2.73. The van der Waals surface area contributed by atoms with Crippen molar-refractivity contribution < 1.29 is 13.2 Å². The third kappa shape index (κ3) is 3.97. The summed E-state index contributed by atoms with van der Waals surface area (Å²) in [5.41, 5.74) is 2.10. The Morgan fingerprint density at radius 2 is 1.88 bits per heavy atom. The molecule has 0 aliphatic carbocycles. The lowest BCUT2D eigenvalue weighted by atomic mass is 10.0. The molecule has 6 nitrogen and oxygen atoms in total. The second kappa shape index (κ2) is 6.68. The van der Waals surface area contributed by atoms with Crippen LogP contribution in [0.5, 0.6) is 0 Å². The minimum absolute atomic E-state index is 0.0667. The first-order valence-corrected chi connectivity index (χ1v) is 9.44. The van der Waals surface area contributed by atoms with E-state index in [1.165, 1.54) is 12.3 Å². The summed E-state index contributed by atoms with van der Waals surface area (Å²) in [6, 6.07) is 4.81. The third-order valence-corrected chi connectivity index (χ3v) is 4.81. The Kier molecular flexibility index (Phi) is 5.03. The Bertz CT molecular complexity index is 890. The number of amides is 1. The number of anilines is 1. The lowest BCUT2D eigenvalue weighted by Gasteiger charge is -2.13. The Balaban J connectivity index is 2.38. The van der Waals surface area contributed by atoms with E-state index >= 15 is 0 Å². The zero-order valence-electron chi connectivity index (χ0n) is 14.4. The van der Waals surface area contributed by atoms with Gasteiger partial charge in [-0.2, -0.15) is 0 Å². The number of hydrogen-bond donors (Lipinski definition) is 1. The maximum absolute atomic E-state index is 12.6. The van der Waals surface area contributed by atoms with Crippen LogP contribution in [0, 0.1) is 13.8 Å². The van der Waals surface area contributed by atoms with E-state index in [1.807, 2.05) is 13.8 Å². The lowest BCUT2D eigenvalue weighted by Crippen LogP contribution is -2.17. The molecule has 128 valence electrons. The number of carbonyl (C=O) groups is 1. The van der Waals surface area contributed by atoms with Gasteiger partial charge < -0.3 is 5.32 Å². The van der Waals surface area contributed by atoms with Crippen LogP contribution in [0.1, 0.15) is 47.2 Å². The number of hydrogen-bond acceptors (Lipinski definition) is 5. The molecule has 0 atom stereocenters. The first-order valence-electron chi connectivity index (χ1n) is 7.55. The monoisotopic (exact) mass is 347 g/mol. The van der Waals surface area contributed by atoms with Gasteiger partial charge in [0.1, 0.15) is 5.82 Å². The van der Waals surface area contributed by atoms with Crippen LogP contribution >= 0.6 is 0 Å². The van der Waals surface area contributed by atoms with Gasteiger partial charge in [-0.15, -0.1) is 0 Å². The fourth-order valence-electron chi connectivity index (χ4n) is 2.38. The molecule has 0 fully saturated rings. The standard InChI is InChI=1S/C17H21N3O3S/c1-10(2)16-14(9-18-12(4)19-16)17(21)20-13-7-6-11(3)15(8-13)24(5,22)23/h6-10H,1-5H3,(H,20,21). The highest BCUT2D eigenvalue weighted by Gasteiger charge is 2.18. The molecule has 0 saturated carbocycles. The number of rotatable bonds is 4. The summed E-state index contributed by atoms with van der Waals surface area (Å²) in [6.07, 6.45) is 2.64. The minimum atomic E-state index is -3.36. The number of aryl methyl sites for hydroxylation is 2. The van der Waals surface area contributed by atoms with Crippen molar-refractivity contribution in [3.63, 3.8) is 0 Å². The highest BCUT2D eigenvalue weighted by Crippen LogP contribution is 2.22. The van der Waals surface area contributed by atoms with Crippen LogP contribution < -0.4 is 5.32 Å². The quantitative estimate of drug-likeness (QED) is 0.918. The smallest absolute Gasteiger partial charge is 0.259 e. The van der Waals surface area contributed by atoms with Crippen LogP contribution in [0.3, 0.4) is 0 Å². The summed E-state index contributed by atoms with van der Waals surface area (Å²) in [4.78, 5) is 21.2. The molecule has 0 saturated heterocycles. The number of aromatic nitrogens is 2. The first kappa shape index (κ1) is 18.1. The zero-order chi connectivity index (χ0) is 18.1. The molecular weight excluding hydrogens is 326 g/mol. The van der Waals surface area contributed by atoms with E-state index in [0.29, 0.717) is 28.3 Å². The number of nitrogens with one attached hydrogen (secondary N) is 1. The van der Waals surface area contributed by atoms with Gasteiger partial charge in [-0.1, -0.05) is 19.9 Å². The van der Waals surface area contributed by atoms with Gasteiger partial charge in [0.15, 0.2) is 9.84 Å².